The second kappa shape index (κ2) is 4.71. The Labute approximate surface area is 101 Å². The predicted molar refractivity (Wildman–Crippen MR) is 64.5 cm³/mol. The number of aromatic nitrogens is 1. The summed E-state index contributed by atoms with van der Waals surface area (Å²) in [5.74, 6) is -1.85. The topological polar surface area (TPSA) is 12.9 Å². The van der Waals surface area contributed by atoms with Crippen LogP contribution >= 0.6 is 0 Å². The van der Waals surface area contributed by atoms with Gasteiger partial charge in [0.25, 0.3) is 0 Å². The molecule has 2 rings (SSSR count). The van der Waals surface area contributed by atoms with Gasteiger partial charge in [-0.25, -0.2) is 8.78 Å². The van der Waals surface area contributed by atoms with Gasteiger partial charge in [0.05, 0.1) is 0 Å². The van der Waals surface area contributed by atoms with Gasteiger partial charge in [-0.3, -0.25) is 4.98 Å². The largest absolute Gasteiger partial charge is 0.257 e. The van der Waals surface area contributed by atoms with Crippen molar-refractivity contribution in [3.05, 3.63) is 29.6 Å². The highest BCUT2D eigenvalue weighted by Gasteiger charge is 2.35. The molecule has 0 unspecified atom stereocenters. The zero-order valence-corrected chi connectivity index (χ0v) is 10.4. The summed E-state index contributed by atoms with van der Waals surface area (Å²) in [7, 11) is 0. The Bertz CT molecular complexity index is 378. The van der Waals surface area contributed by atoms with Gasteiger partial charge in [-0.1, -0.05) is 19.9 Å². The van der Waals surface area contributed by atoms with Crippen LogP contribution in [0.2, 0.25) is 0 Å². The van der Waals surface area contributed by atoms with Crippen molar-refractivity contribution in [2.45, 2.75) is 57.3 Å². The third kappa shape index (κ3) is 3.02. The molecule has 3 heteroatoms. The van der Waals surface area contributed by atoms with E-state index in [4.69, 9.17) is 0 Å². The van der Waals surface area contributed by atoms with Crippen molar-refractivity contribution in [1.29, 1.82) is 0 Å². The van der Waals surface area contributed by atoms with E-state index in [0.717, 1.165) is 11.4 Å². The first-order valence-corrected chi connectivity index (χ1v) is 6.32. The van der Waals surface area contributed by atoms with Gasteiger partial charge in [0.1, 0.15) is 0 Å². The zero-order chi connectivity index (χ0) is 12.5. The van der Waals surface area contributed by atoms with E-state index in [2.05, 4.69) is 18.8 Å². The summed E-state index contributed by atoms with van der Waals surface area (Å²) in [6, 6.07) is 5.97. The van der Waals surface area contributed by atoms with Crippen molar-refractivity contribution in [3.8, 4) is 0 Å². The van der Waals surface area contributed by atoms with E-state index < -0.39 is 5.92 Å². The first kappa shape index (κ1) is 12.5. The van der Waals surface area contributed by atoms with Gasteiger partial charge >= 0.3 is 0 Å². The fraction of sp³-hybridized carbons (Fsp3) is 0.643. The van der Waals surface area contributed by atoms with E-state index in [1.54, 1.807) is 0 Å². The molecule has 1 aromatic rings. The molecule has 1 saturated carbocycles. The van der Waals surface area contributed by atoms with Gasteiger partial charge in [0.15, 0.2) is 0 Å². The number of nitrogens with zero attached hydrogens (tertiary/aromatic N) is 1. The molecule has 0 N–H and O–H groups in total. The van der Waals surface area contributed by atoms with Gasteiger partial charge in [-0.05, 0) is 30.9 Å². The molecular weight excluding hydrogens is 220 g/mol. The minimum atomic E-state index is -2.45. The Balaban J connectivity index is 2.10. The van der Waals surface area contributed by atoms with Crippen molar-refractivity contribution in [2.24, 2.45) is 0 Å². The van der Waals surface area contributed by atoms with Gasteiger partial charge in [-0.2, -0.15) is 0 Å². The standard InChI is InChI=1S/C14H19F2N/c1-10(2)12-4-3-5-13(17-12)11-6-8-14(15,16)9-7-11/h3-5,10-11H,6-9H2,1-2H3. The molecule has 0 amide bonds. The molecule has 94 valence electrons. The molecule has 0 aliphatic heterocycles. The molecule has 0 radical (unpaired) electrons. The second-order valence-electron chi connectivity index (χ2n) is 5.27. The molecule has 0 spiro atoms. The summed E-state index contributed by atoms with van der Waals surface area (Å²) in [6.45, 7) is 4.20. The number of rotatable bonds is 2. The Morgan fingerprint density at radius 2 is 1.88 bits per heavy atom. The van der Waals surface area contributed by atoms with Crippen molar-refractivity contribution in [1.82, 2.24) is 4.98 Å². The number of pyridine rings is 1. The van der Waals surface area contributed by atoms with Crippen molar-refractivity contribution >= 4 is 0 Å². The summed E-state index contributed by atoms with van der Waals surface area (Å²) < 4.78 is 26.2. The number of alkyl halides is 2. The first-order chi connectivity index (χ1) is 7.98. The highest BCUT2D eigenvalue weighted by Crippen LogP contribution is 2.40. The molecular formula is C14H19F2N. The quantitative estimate of drug-likeness (QED) is 0.740. The summed E-state index contributed by atoms with van der Waals surface area (Å²) in [5.41, 5.74) is 2.05. The molecule has 1 aromatic heterocycles. The fourth-order valence-electron chi connectivity index (χ4n) is 2.35. The van der Waals surface area contributed by atoms with Gasteiger partial charge < -0.3 is 0 Å². The van der Waals surface area contributed by atoms with E-state index in [9.17, 15) is 8.78 Å². The maximum Gasteiger partial charge on any atom is 0.248 e. The summed E-state index contributed by atoms with van der Waals surface area (Å²) in [4.78, 5) is 4.60. The van der Waals surface area contributed by atoms with Crippen molar-refractivity contribution in [3.63, 3.8) is 0 Å². The molecule has 1 fully saturated rings. The number of halogens is 2. The molecule has 0 aromatic carbocycles. The van der Waals surface area contributed by atoms with Crippen LogP contribution in [0.1, 0.15) is 62.8 Å². The van der Waals surface area contributed by atoms with Gasteiger partial charge in [0, 0.05) is 30.1 Å². The Kier molecular flexibility index (Phi) is 3.45. The lowest BCUT2D eigenvalue weighted by Gasteiger charge is -2.28. The molecule has 1 nitrogen and oxygen atoms in total. The fourth-order valence-corrected chi connectivity index (χ4v) is 2.35. The minimum absolute atomic E-state index is 0.00521. The van der Waals surface area contributed by atoms with Crippen LogP contribution in [-0.4, -0.2) is 10.9 Å². The highest BCUT2D eigenvalue weighted by molar-refractivity contribution is 5.17. The van der Waals surface area contributed by atoms with Crippen molar-refractivity contribution < 1.29 is 8.78 Å². The monoisotopic (exact) mass is 239 g/mol. The lowest BCUT2D eigenvalue weighted by molar-refractivity contribution is -0.0384. The maximum absolute atomic E-state index is 13.1. The Morgan fingerprint density at radius 1 is 1.24 bits per heavy atom. The average Bonchev–Trinajstić information content (AvgIpc) is 2.29. The minimum Gasteiger partial charge on any atom is -0.257 e. The molecule has 1 aliphatic carbocycles. The summed E-state index contributed by atoms with van der Waals surface area (Å²) >= 11 is 0. The number of hydrogen-bond acceptors (Lipinski definition) is 1. The van der Waals surface area contributed by atoms with E-state index in [-0.39, 0.29) is 18.8 Å². The molecule has 1 heterocycles. The van der Waals surface area contributed by atoms with Crippen LogP contribution in [0.15, 0.2) is 18.2 Å². The SMILES string of the molecule is CC(C)c1cccc(C2CCC(F)(F)CC2)n1. The predicted octanol–water partition coefficient (Wildman–Crippen LogP) is 4.50. The smallest absolute Gasteiger partial charge is 0.248 e. The van der Waals surface area contributed by atoms with Crippen LogP contribution in [0.25, 0.3) is 0 Å². The molecule has 0 saturated heterocycles. The first-order valence-electron chi connectivity index (χ1n) is 6.32. The molecule has 0 bridgehead atoms. The van der Waals surface area contributed by atoms with Crippen molar-refractivity contribution in [2.75, 3.05) is 0 Å². The third-order valence-corrected chi connectivity index (χ3v) is 3.52. The van der Waals surface area contributed by atoms with E-state index in [1.165, 1.54) is 0 Å². The highest BCUT2D eigenvalue weighted by atomic mass is 19.3. The van der Waals surface area contributed by atoms with Crippen LogP contribution in [0.5, 0.6) is 0 Å². The lowest BCUT2D eigenvalue weighted by atomic mass is 9.84. The van der Waals surface area contributed by atoms with Crippen LogP contribution in [0, 0.1) is 0 Å². The molecule has 0 atom stereocenters. The summed E-state index contributed by atoms with van der Waals surface area (Å²) in [6.07, 6.45) is 1.12. The van der Waals surface area contributed by atoms with Crippen LogP contribution in [-0.2, 0) is 0 Å². The van der Waals surface area contributed by atoms with E-state index >= 15 is 0 Å². The molecule has 17 heavy (non-hydrogen) atoms. The average molecular weight is 239 g/mol. The van der Waals surface area contributed by atoms with Crippen LogP contribution < -0.4 is 0 Å². The maximum atomic E-state index is 13.1. The lowest BCUT2D eigenvalue weighted by Crippen LogP contribution is -2.24. The third-order valence-electron chi connectivity index (χ3n) is 3.52. The van der Waals surface area contributed by atoms with E-state index in [0.29, 0.717) is 18.8 Å². The zero-order valence-electron chi connectivity index (χ0n) is 10.4. The Hall–Kier alpha value is -0.990. The molecule has 1 aliphatic rings. The Morgan fingerprint density at radius 3 is 2.47 bits per heavy atom. The summed E-state index contributed by atoms with van der Waals surface area (Å²) in [5, 5.41) is 0. The van der Waals surface area contributed by atoms with Gasteiger partial charge in [-0.15, -0.1) is 0 Å². The number of hydrogen-bond donors (Lipinski definition) is 0. The van der Waals surface area contributed by atoms with Crippen LogP contribution in [0.4, 0.5) is 8.78 Å². The van der Waals surface area contributed by atoms with Gasteiger partial charge in [0.2, 0.25) is 5.92 Å². The second-order valence-corrected chi connectivity index (χ2v) is 5.27. The van der Waals surface area contributed by atoms with E-state index in [1.807, 2.05) is 18.2 Å². The normalized spacial score (nSPS) is 20.8. The van der Waals surface area contributed by atoms with Crippen LogP contribution in [0.3, 0.4) is 0 Å².